The van der Waals surface area contributed by atoms with Crippen LogP contribution in [0.4, 0.5) is 13.2 Å². The minimum absolute atomic E-state index is 0.0647. The first-order valence-corrected chi connectivity index (χ1v) is 6.43. The summed E-state index contributed by atoms with van der Waals surface area (Å²) >= 11 is 5.82. The molecule has 0 spiro atoms. The predicted molar refractivity (Wildman–Crippen MR) is 72.9 cm³/mol. The summed E-state index contributed by atoms with van der Waals surface area (Å²) in [4.78, 5) is 15.6. The normalized spacial score (nSPS) is 12.7. The van der Waals surface area contributed by atoms with Gasteiger partial charge in [-0.2, -0.15) is 17.9 Å². The van der Waals surface area contributed by atoms with Crippen molar-refractivity contribution in [3.63, 3.8) is 0 Å². The summed E-state index contributed by atoms with van der Waals surface area (Å²) in [6.07, 6.45) is -3.89. The van der Waals surface area contributed by atoms with Crippen molar-refractivity contribution in [2.24, 2.45) is 0 Å². The fourth-order valence-electron chi connectivity index (χ4n) is 1.69. The van der Waals surface area contributed by atoms with Gasteiger partial charge in [0, 0.05) is 23.4 Å². The van der Waals surface area contributed by atoms with E-state index in [1.807, 2.05) is 20.8 Å². The molecule has 0 aromatic carbocycles. The minimum Gasteiger partial charge on any atom is -0.293 e. The Bertz CT molecular complexity index is 725. The van der Waals surface area contributed by atoms with Crippen LogP contribution in [0.5, 0.6) is 0 Å². The molecule has 114 valence electrons. The Labute approximate surface area is 123 Å². The Morgan fingerprint density at radius 2 is 1.86 bits per heavy atom. The van der Waals surface area contributed by atoms with Gasteiger partial charge in [0.25, 0.3) is 5.56 Å². The van der Waals surface area contributed by atoms with Gasteiger partial charge in [-0.05, 0) is 6.07 Å². The van der Waals surface area contributed by atoms with E-state index in [1.54, 1.807) is 0 Å². The Morgan fingerprint density at radius 1 is 1.24 bits per heavy atom. The lowest BCUT2D eigenvalue weighted by atomic mass is 9.93. The number of hydrogen-bond acceptors (Lipinski definition) is 2. The maximum atomic E-state index is 12.6. The van der Waals surface area contributed by atoms with E-state index < -0.39 is 17.3 Å². The van der Waals surface area contributed by atoms with Crippen molar-refractivity contribution in [2.45, 2.75) is 32.4 Å². The molecule has 0 saturated heterocycles. The molecule has 2 rings (SSSR count). The first-order chi connectivity index (χ1) is 9.50. The molecular formula is C13H13ClF3N3O. The second-order valence-electron chi connectivity index (χ2n) is 5.62. The summed E-state index contributed by atoms with van der Waals surface area (Å²) in [6, 6.07) is 2.11. The van der Waals surface area contributed by atoms with E-state index in [2.05, 4.69) is 10.1 Å². The number of aromatic nitrogens is 3. The Hall–Kier alpha value is -1.76. The molecule has 1 N–H and O–H groups in total. The smallest absolute Gasteiger partial charge is 0.293 e. The number of alkyl halides is 3. The highest BCUT2D eigenvalue weighted by molar-refractivity contribution is 6.32. The standard InChI is InChI=1S/C13H13ClF3N3O/c1-12(2,3)9-5-10(21)20(19-9)11-8(14)4-7(6-18-11)13(15,16)17/h4-6,19H,1-3H3. The summed E-state index contributed by atoms with van der Waals surface area (Å²) in [6.45, 7) is 5.68. The van der Waals surface area contributed by atoms with Crippen LogP contribution < -0.4 is 5.56 Å². The van der Waals surface area contributed by atoms with Gasteiger partial charge in [-0.3, -0.25) is 9.89 Å². The molecule has 0 aliphatic carbocycles. The van der Waals surface area contributed by atoms with Crippen molar-refractivity contribution >= 4 is 11.6 Å². The van der Waals surface area contributed by atoms with Gasteiger partial charge < -0.3 is 0 Å². The molecule has 0 radical (unpaired) electrons. The van der Waals surface area contributed by atoms with E-state index in [4.69, 9.17) is 11.6 Å². The summed E-state index contributed by atoms with van der Waals surface area (Å²) in [5.74, 6) is -0.0647. The second kappa shape index (κ2) is 4.91. The molecule has 0 atom stereocenters. The Morgan fingerprint density at radius 3 is 2.29 bits per heavy atom. The minimum atomic E-state index is -4.54. The highest BCUT2D eigenvalue weighted by atomic mass is 35.5. The molecule has 0 aliphatic rings. The van der Waals surface area contributed by atoms with Crippen molar-refractivity contribution in [3.05, 3.63) is 45.0 Å². The van der Waals surface area contributed by atoms with Gasteiger partial charge in [0.2, 0.25) is 0 Å². The zero-order chi connectivity index (χ0) is 16.0. The summed E-state index contributed by atoms with van der Waals surface area (Å²) in [5, 5.41) is 2.56. The van der Waals surface area contributed by atoms with Crippen molar-refractivity contribution in [1.29, 1.82) is 0 Å². The predicted octanol–water partition coefficient (Wildman–Crippen LogP) is 3.53. The van der Waals surface area contributed by atoms with Crippen LogP contribution in [-0.2, 0) is 11.6 Å². The number of pyridine rings is 1. The first kappa shape index (κ1) is 15.6. The molecule has 0 bridgehead atoms. The van der Waals surface area contributed by atoms with Crippen molar-refractivity contribution in [2.75, 3.05) is 0 Å². The highest BCUT2D eigenvalue weighted by Gasteiger charge is 2.32. The molecule has 2 aromatic rings. The van der Waals surface area contributed by atoms with E-state index in [-0.39, 0.29) is 16.3 Å². The Kier molecular flexibility index (Phi) is 3.65. The molecule has 4 nitrogen and oxygen atoms in total. The van der Waals surface area contributed by atoms with Gasteiger partial charge in [-0.25, -0.2) is 4.98 Å². The van der Waals surface area contributed by atoms with Crippen LogP contribution in [0, 0.1) is 0 Å². The monoisotopic (exact) mass is 319 g/mol. The topological polar surface area (TPSA) is 50.7 Å². The number of hydrogen-bond donors (Lipinski definition) is 1. The lowest BCUT2D eigenvalue weighted by Crippen LogP contribution is -2.17. The van der Waals surface area contributed by atoms with E-state index in [0.717, 1.165) is 10.7 Å². The largest absolute Gasteiger partial charge is 0.417 e. The molecule has 0 fully saturated rings. The molecule has 0 unspecified atom stereocenters. The van der Waals surface area contributed by atoms with Gasteiger partial charge in [-0.15, -0.1) is 0 Å². The van der Waals surface area contributed by atoms with E-state index in [0.29, 0.717) is 11.9 Å². The van der Waals surface area contributed by atoms with Crippen molar-refractivity contribution in [3.8, 4) is 5.82 Å². The number of rotatable bonds is 1. The number of halogens is 4. The molecule has 21 heavy (non-hydrogen) atoms. The molecule has 0 saturated carbocycles. The van der Waals surface area contributed by atoms with Crippen LogP contribution >= 0.6 is 11.6 Å². The number of H-pyrrole nitrogens is 1. The molecule has 0 aliphatic heterocycles. The lowest BCUT2D eigenvalue weighted by molar-refractivity contribution is -0.137. The Balaban J connectivity index is 2.54. The zero-order valence-corrected chi connectivity index (χ0v) is 12.3. The van der Waals surface area contributed by atoms with Gasteiger partial charge in [0.1, 0.15) is 0 Å². The first-order valence-electron chi connectivity index (χ1n) is 6.06. The number of nitrogens with zero attached hydrogens (tertiary/aromatic N) is 2. The zero-order valence-electron chi connectivity index (χ0n) is 11.5. The maximum absolute atomic E-state index is 12.6. The van der Waals surface area contributed by atoms with Crippen LogP contribution in [-0.4, -0.2) is 14.8 Å². The molecular weight excluding hydrogens is 307 g/mol. The highest BCUT2D eigenvalue weighted by Crippen LogP contribution is 2.31. The summed E-state index contributed by atoms with van der Waals surface area (Å²) in [7, 11) is 0. The summed E-state index contributed by atoms with van der Waals surface area (Å²) in [5.41, 5.74) is -1.09. The SMILES string of the molecule is CC(C)(C)c1cc(=O)n(-c2ncc(C(F)(F)F)cc2Cl)[nH]1. The second-order valence-corrected chi connectivity index (χ2v) is 6.03. The fourth-order valence-corrected chi connectivity index (χ4v) is 1.94. The van der Waals surface area contributed by atoms with Crippen molar-refractivity contribution in [1.82, 2.24) is 14.8 Å². The van der Waals surface area contributed by atoms with Crippen molar-refractivity contribution < 1.29 is 13.2 Å². The van der Waals surface area contributed by atoms with Crippen LogP contribution in [0.2, 0.25) is 5.02 Å². The third-order valence-corrected chi connectivity index (χ3v) is 3.17. The molecule has 2 heterocycles. The third-order valence-electron chi connectivity index (χ3n) is 2.89. The number of nitrogens with one attached hydrogen (secondary N) is 1. The molecule has 0 amide bonds. The van der Waals surface area contributed by atoms with Gasteiger partial charge in [0.05, 0.1) is 10.6 Å². The van der Waals surface area contributed by atoms with E-state index in [9.17, 15) is 18.0 Å². The van der Waals surface area contributed by atoms with Crippen LogP contribution in [0.3, 0.4) is 0 Å². The van der Waals surface area contributed by atoms with Crippen LogP contribution in [0.1, 0.15) is 32.0 Å². The molecule has 2 aromatic heterocycles. The maximum Gasteiger partial charge on any atom is 0.417 e. The van der Waals surface area contributed by atoms with Crippen LogP contribution in [0.15, 0.2) is 23.1 Å². The van der Waals surface area contributed by atoms with E-state index >= 15 is 0 Å². The average molecular weight is 320 g/mol. The lowest BCUT2D eigenvalue weighted by Gasteiger charge is -2.15. The molecule has 8 heteroatoms. The average Bonchev–Trinajstić information content (AvgIpc) is 2.70. The summed E-state index contributed by atoms with van der Waals surface area (Å²) < 4.78 is 38.7. The fraction of sp³-hybridized carbons (Fsp3) is 0.385. The quantitative estimate of drug-likeness (QED) is 0.874. The third kappa shape index (κ3) is 3.12. The van der Waals surface area contributed by atoms with Crippen LogP contribution in [0.25, 0.3) is 5.82 Å². The van der Waals surface area contributed by atoms with Gasteiger partial charge in [-0.1, -0.05) is 32.4 Å². The van der Waals surface area contributed by atoms with E-state index in [1.165, 1.54) is 6.07 Å². The van der Waals surface area contributed by atoms with Gasteiger partial charge >= 0.3 is 6.18 Å². The number of aromatic amines is 1. The van der Waals surface area contributed by atoms with Gasteiger partial charge in [0.15, 0.2) is 5.82 Å².